The van der Waals surface area contributed by atoms with Gasteiger partial charge in [-0.05, 0) is 48.7 Å². The fraction of sp³-hybridized carbons (Fsp3) is 0.316. The van der Waals surface area contributed by atoms with E-state index in [1.165, 1.54) is 35.2 Å². The number of hydrogen-bond donors (Lipinski definition) is 1. The summed E-state index contributed by atoms with van der Waals surface area (Å²) in [5, 5.41) is 2.55. The second-order valence-corrected chi connectivity index (χ2v) is 8.39. The van der Waals surface area contributed by atoms with E-state index < -0.39 is 15.7 Å². The summed E-state index contributed by atoms with van der Waals surface area (Å²) in [6.45, 7) is 0.389. The minimum Gasteiger partial charge on any atom is -0.488 e. The Morgan fingerprint density at radius 2 is 2.00 bits per heavy atom. The van der Waals surface area contributed by atoms with E-state index >= 15 is 0 Å². The van der Waals surface area contributed by atoms with Gasteiger partial charge in [0, 0.05) is 14.1 Å². The van der Waals surface area contributed by atoms with Crippen molar-refractivity contribution in [3.63, 3.8) is 0 Å². The molecule has 2 aromatic rings. The predicted octanol–water partition coefficient (Wildman–Crippen LogP) is 2.62. The zero-order valence-corrected chi connectivity index (χ0v) is 15.9. The van der Waals surface area contributed by atoms with E-state index in [1.807, 2.05) is 0 Å². The van der Waals surface area contributed by atoms with Crippen LogP contribution < -0.4 is 10.1 Å². The molecule has 0 aliphatic carbocycles. The molecule has 2 aromatic carbocycles. The van der Waals surface area contributed by atoms with Crippen LogP contribution in [0.25, 0.3) is 0 Å². The lowest BCUT2D eigenvalue weighted by molar-refractivity contribution is 0.132. The van der Waals surface area contributed by atoms with Gasteiger partial charge in [0.2, 0.25) is 9.84 Å². The third-order valence-electron chi connectivity index (χ3n) is 4.52. The Balaban J connectivity index is 1.85. The van der Waals surface area contributed by atoms with Crippen LogP contribution in [0, 0.1) is 5.82 Å². The Morgan fingerprint density at radius 1 is 1.26 bits per heavy atom. The first-order valence-electron chi connectivity index (χ1n) is 8.54. The molecule has 3 rings (SSSR count). The summed E-state index contributed by atoms with van der Waals surface area (Å²) in [6.07, 6.45) is 1.22. The van der Waals surface area contributed by atoms with Gasteiger partial charge in [-0.25, -0.2) is 17.6 Å². The minimum absolute atomic E-state index is 0.0483. The Morgan fingerprint density at radius 3 is 2.70 bits per heavy atom. The number of nitrogens with zero attached hydrogens (tertiary/aromatic N) is 1. The molecule has 2 amide bonds. The van der Waals surface area contributed by atoms with Crippen molar-refractivity contribution < 1.29 is 22.3 Å². The fourth-order valence-corrected chi connectivity index (χ4v) is 4.36. The molecular formula is C19H21FN2O4S. The van der Waals surface area contributed by atoms with Crippen LogP contribution in [0.4, 0.5) is 9.18 Å². The lowest BCUT2D eigenvalue weighted by Gasteiger charge is -2.29. The van der Waals surface area contributed by atoms with Crippen molar-refractivity contribution in [3.05, 3.63) is 53.8 Å². The molecule has 0 radical (unpaired) electrons. The fourth-order valence-electron chi connectivity index (χ4n) is 3.05. The second-order valence-electron chi connectivity index (χ2n) is 6.44. The zero-order chi connectivity index (χ0) is 19.6. The van der Waals surface area contributed by atoms with Crippen molar-refractivity contribution in [2.24, 2.45) is 0 Å². The first-order chi connectivity index (χ1) is 12.8. The van der Waals surface area contributed by atoms with Gasteiger partial charge < -0.3 is 15.0 Å². The molecule has 1 atom stereocenters. The summed E-state index contributed by atoms with van der Waals surface area (Å²) in [4.78, 5) is 13.1. The second kappa shape index (κ2) is 7.56. The van der Waals surface area contributed by atoms with Gasteiger partial charge in [0.05, 0.1) is 16.3 Å². The van der Waals surface area contributed by atoms with Crippen LogP contribution in [-0.4, -0.2) is 46.1 Å². The van der Waals surface area contributed by atoms with Gasteiger partial charge in [-0.3, -0.25) is 0 Å². The largest absolute Gasteiger partial charge is 0.488 e. The number of rotatable bonds is 4. The minimum atomic E-state index is -3.85. The topological polar surface area (TPSA) is 75.7 Å². The van der Waals surface area contributed by atoms with Crippen molar-refractivity contribution >= 4 is 15.9 Å². The van der Waals surface area contributed by atoms with Crippen LogP contribution in [0.5, 0.6) is 5.75 Å². The molecule has 6 nitrogen and oxygen atoms in total. The van der Waals surface area contributed by atoms with Crippen molar-refractivity contribution in [1.82, 2.24) is 10.2 Å². The highest BCUT2D eigenvalue weighted by Gasteiger charge is 2.25. The maximum atomic E-state index is 13.4. The molecule has 1 N–H and O–H groups in total. The van der Waals surface area contributed by atoms with Gasteiger partial charge in [-0.2, -0.15) is 0 Å². The van der Waals surface area contributed by atoms with Crippen LogP contribution in [0.3, 0.4) is 0 Å². The van der Waals surface area contributed by atoms with Gasteiger partial charge in [-0.15, -0.1) is 0 Å². The summed E-state index contributed by atoms with van der Waals surface area (Å²) in [5.41, 5.74) is 0.909. The number of ether oxygens (including phenoxy) is 1. The molecule has 0 fully saturated rings. The zero-order valence-electron chi connectivity index (χ0n) is 15.1. The first-order valence-corrected chi connectivity index (χ1v) is 10.0. The Bertz CT molecular complexity index is 962. The maximum Gasteiger partial charge on any atom is 0.317 e. The van der Waals surface area contributed by atoms with E-state index in [0.29, 0.717) is 12.3 Å². The highest BCUT2D eigenvalue weighted by atomic mass is 32.2. The van der Waals surface area contributed by atoms with E-state index in [1.54, 1.807) is 20.2 Å². The van der Waals surface area contributed by atoms with E-state index in [2.05, 4.69) is 5.32 Å². The van der Waals surface area contributed by atoms with Crippen LogP contribution in [0.2, 0.25) is 0 Å². The summed E-state index contributed by atoms with van der Waals surface area (Å²) in [6, 6.07) is 9.41. The molecule has 8 heteroatoms. The molecule has 0 saturated carbocycles. The van der Waals surface area contributed by atoms with E-state index in [4.69, 9.17) is 4.74 Å². The third kappa shape index (κ3) is 4.05. The number of sulfone groups is 1. The highest BCUT2D eigenvalue weighted by molar-refractivity contribution is 7.91. The monoisotopic (exact) mass is 392 g/mol. The quantitative estimate of drug-likeness (QED) is 0.868. The van der Waals surface area contributed by atoms with Gasteiger partial charge in [0.1, 0.15) is 17.7 Å². The Labute approximate surface area is 157 Å². The van der Waals surface area contributed by atoms with E-state index in [0.717, 1.165) is 24.5 Å². The molecule has 144 valence electrons. The lowest BCUT2D eigenvalue weighted by atomic mass is 10.0. The molecule has 1 aliphatic rings. The molecule has 1 unspecified atom stereocenters. The van der Waals surface area contributed by atoms with Gasteiger partial charge >= 0.3 is 6.03 Å². The van der Waals surface area contributed by atoms with Crippen LogP contribution in [-0.2, 0) is 16.3 Å². The number of urea groups is 1. The van der Waals surface area contributed by atoms with Crippen molar-refractivity contribution in [1.29, 1.82) is 0 Å². The number of aryl methyl sites for hydroxylation is 1. The molecule has 0 spiro atoms. The number of carbonyl (C=O) groups is 1. The van der Waals surface area contributed by atoms with Crippen molar-refractivity contribution in [3.8, 4) is 5.75 Å². The number of benzene rings is 2. The lowest BCUT2D eigenvalue weighted by Crippen LogP contribution is -2.42. The van der Waals surface area contributed by atoms with Gasteiger partial charge in [-0.1, -0.05) is 12.1 Å². The standard InChI is InChI=1S/C19H21FN2O4S/c1-21-19(23)22(2)12-15-8-6-13-7-9-17(11-18(13)26-15)27(24,25)16-5-3-4-14(20)10-16/h3-5,7,9-11,15H,6,8,12H2,1-2H3,(H,21,23). The molecular weight excluding hydrogens is 371 g/mol. The number of halogens is 1. The smallest absolute Gasteiger partial charge is 0.317 e. The van der Waals surface area contributed by atoms with E-state index in [9.17, 15) is 17.6 Å². The molecule has 1 heterocycles. The third-order valence-corrected chi connectivity index (χ3v) is 6.27. The van der Waals surface area contributed by atoms with Crippen LogP contribution in [0.15, 0.2) is 52.3 Å². The predicted molar refractivity (Wildman–Crippen MR) is 98.1 cm³/mol. The molecule has 0 bridgehead atoms. The van der Waals surface area contributed by atoms with Crippen molar-refractivity contribution in [2.75, 3.05) is 20.6 Å². The molecule has 1 aliphatic heterocycles. The summed E-state index contributed by atoms with van der Waals surface area (Å²) >= 11 is 0. The maximum absolute atomic E-state index is 13.4. The van der Waals surface area contributed by atoms with E-state index in [-0.39, 0.29) is 21.9 Å². The van der Waals surface area contributed by atoms with Crippen molar-refractivity contribution in [2.45, 2.75) is 28.7 Å². The first kappa shape index (κ1) is 19.2. The van der Waals surface area contributed by atoms with Crippen LogP contribution in [0.1, 0.15) is 12.0 Å². The average molecular weight is 392 g/mol. The normalized spacial score (nSPS) is 16.2. The Hall–Kier alpha value is -2.61. The number of amides is 2. The number of likely N-dealkylation sites (N-methyl/N-ethyl adjacent to an activating group) is 1. The molecule has 27 heavy (non-hydrogen) atoms. The SMILES string of the molecule is CNC(=O)N(C)CC1CCc2ccc(S(=O)(=O)c3cccc(F)c3)cc2O1. The summed E-state index contributed by atoms with van der Waals surface area (Å²) < 4.78 is 44.9. The summed E-state index contributed by atoms with van der Waals surface area (Å²) in [5.74, 6) is -0.128. The molecule has 0 saturated heterocycles. The Kier molecular flexibility index (Phi) is 5.36. The number of nitrogens with one attached hydrogen (secondary N) is 1. The highest BCUT2D eigenvalue weighted by Crippen LogP contribution is 2.32. The van der Waals surface area contributed by atoms with Gasteiger partial charge in [0.25, 0.3) is 0 Å². The number of hydrogen-bond acceptors (Lipinski definition) is 4. The van der Waals surface area contributed by atoms with Gasteiger partial charge in [0.15, 0.2) is 0 Å². The van der Waals surface area contributed by atoms with Crippen LogP contribution >= 0.6 is 0 Å². The summed E-state index contributed by atoms with van der Waals surface area (Å²) in [7, 11) is -0.623. The molecule has 0 aromatic heterocycles. The number of carbonyl (C=O) groups excluding carboxylic acids is 1. The number of fused-ring (bicyclic) bond motifs is 1. The average Bonchev–Trinajstić information content (AvgIpc) is 2.66.